The van der Waals surface area contributed by atoms with Gasteiger partial charge in [0.05, 0.1) is 6.67 Å². The van der Waals surface area contributed by atoms with Crippen molar-refractivity contribution in [3.63, 3.8) is 0 Å². The molecule has 1 aliphatic heterocycles. The van der Waals surface area contributed by atoms with Crippen LogP contribution in [0.5, 0.6) is 0 Å². The van der Waals surface area contributed by atoms with Gasteiger partial charge >= 0.3 is 0 Å². The van der Waals surface area contributed by atoms with Gasteiger partial charge in [-0.2, -0.15) is 0 Å². The van der Waals surface area contributed by atoms with Gasteiger partial charge in [0.1, 0.15) is 0 Å². The maximum Gasteiger partial charge on any atom is 0.0941 e. The fourth-order valence-corrected chi connectivity index (χ4v) is 2.57. The molecule has 0 unspecified atom stereocenters. The average Bonchev–Trinajstić information content (AvgIpc) is 2.65. The van der Waals surface area contributed by atoms with Gasteiger partial charge in [-0.1, -0.05) is 23.7 Å². The van der Waals surface area contributed by atoms with Crippen LogP contribution in [0.25, 0.3) is 0 Å². The number of nitrogens with one attached hydrogen (secondary N) is 1. The van der Waals surface area contributed by atoms with E-state index in [0.29, 0.717) is 0 Å². The van der Waals surface area contributed by atoms with E-state index in [1.807, 2.05) is 25.1 Å². The van der Waals surface area contributed by atoms with Crippen LogP contribution in [0.3, 0.4) is 0 Å². The summed E-state index contributed by atoms with van der Waals surface area (Å²) in [5, 5.41) is 3.98. The predicted molar refractivity (Wildman–Crippen MR) is 61.3 cm³/mol. The molecule has 0 saturated carbocycles. The van der Waals surface area contributed by atoms with Crippen molar-refractivity contribution in [3.05, 3.63) is 34.3 Å². The second-order valence-electron chi connectivity index (χ2n) is 4.20. The molecule has 0 aromatic heterocycles. The molecular weight excluding hydrogens is 213 g/mol. The Hall–Kier alpha value is -0.600. The lowest BCUT2D eigenvalue weighted by atomic mass is 9.89. The van der Waals surface area contributed by atoms with Crippen molar-refractivity contribution in [2.75, 3.05) is 19.8 Å². The summed E-state index contributed by atoms with van der Waals surface area (Å²) in [6.45, 7) is 3.32. The number of hydrogen-bond donors (Lipinski definition) is 1. The molecule has 2 rings (SSSR count). The van der Waals surface area contributed by atoms with Gasteiger partial charge in [0, 0.05) is 29.9 Å². The minimum atomic E-state index is -0.276. The molecule has 1 N–H and O–H groups in total. The van der Waals surface area contributed by atoms with E-state index in [4.69, 9.17) is 11.6 Å². The minimum absolute atomic E-state index is 0.0743. The molecule has 3 heteroatoms. The standard InChI is InChI=1S/C12H15ClFN/c1-8-2-3-10(12(13)4-8)11-7-15-6-9(11)5-14/h2-4,9,11,15H,5-7H2,1H3/t9-,11+/m0/s1. The summed E-state index contributed by atoms with van der Waals surface area (Å²) in [5.41, 5.74) is 2.22. The van der Waals surface area contributed by atoms with E-state index in [2.05, 4.69) is 5.32 Å². The van der Waals surface area contributed by atoms with Crippen LogP contribution in [0.4, 0.5) is 4.39 Å². The van der Waals surface area contributed by atoms with Crippen LogP contribution in [0, 0.1) is 12.8 Å². The van der Waals surface area contributed by atoms with Gasteiger partial charge in [-0.3, -0.25) is 4.39 Å². The van der Waals surface area contributed by atoms with Crippen LogP contribution in [-0.4, -0.2) is 19.8 Å². The smallest absolute Gasteiger partial charge is 0.0941 e. The molecule has 2 atom stereocenters. The molecule has 1 nitrogen and oxygen atoms in total. The largest absolute Gasteiger partial charge is 0.316 e. The molecule has 0 aliphatic carbocycles. The first-order valence-corrected chi connectivity index (χ1v) is 5.63. The third-order valence-corrected chi connectivity index (χ3v) is 3.42. The van der Waals surface area contributed by atoms with Crippen LogP contribution < -0.4 is 5.32 Å². The Bertz CT molecular complexity index is 353. The highest BCUT2D eigenvalue weighted by molar-refractivity contribution is 6.31. The number of benzene rings is 1. The van der Waals surface area contributed by atoms with E-state index >= 15 is 0 Å². The van der Waals surface area contributed by atoms with Crippen molar-refractivity contribution < 1.29 is 4.39 Å². The highest BCUT2D eigenvalue weighted by atomic mass is 35.5. The lowest BCUT2D eigenvalue weighted by molar-refractivity contribution is 0.358. The van der Waals surface area contributed by atoms with Crippen molar-refractivity contribution in [1.29, 1.82) is 0 Å². The second kappa shape index (κ2) is 4.50. The normalized spacial score (nSPS) is 25.8. The van der Waals surface area contributed by atoms with Gasteiger partial charge in [0.25, 0.3) is 0 Å². The van der Waals surface area contributed by atoms with E-state index in [9.17, 15) is 4.39 Å². The van der Waals surface area contributed by atoms with Crippen molar-refractivity contribution in [3.8, 4) is 0 Å². The number of hydrogen-bond acceptors (Lipinski definition) is 1. The first kappa shape index (κ1) is 10.9. The molecule has 15 heavy (non-hydrogen) atoms. The fourth-order valence-electron chi connectivity index (χ4n) is 2.19. The van der Waals surface area contributed by atoms with Crippen molar-refractivity contribution >= 4 is 11.6 Å². The van der Waals surface area contributed by atoms with Crippen LogP contribution in [0.2, 0.25) is 5.02 Å². The van der Waals surface area contributed by atoms with Crippen molar-refractivity contribution in [2.45, 2.75) is 12.8 Å². The topological polar surface area (TPSA) is 12.0 Å². The second-order valence-corrected chi connectivity index (χ2v) is 4.61. The van der Waals surface area contributed by atoms with E-state index in [-0.39, 0.29) is 18.5 Å². The van der Waals surface area contributed by atoms with Gasteiger partial charge in [0.2, 0.25) is 0 Å². The molecule has 0 bridgehead atoms. The molecule has 1 heterocycles. The molecule has 0 amide bonds. The van der Waals surface area contributed by atoms with E-state index < -0.39 is 0 Å². The number of halogens is 2. The summed E-state index contributed by atoms with van der Waals surface area (Å²) in [5.74, 6) is 0.299. The van der Waals surface area contributed by atoms with Crippen molar-refractivity contribution in [2.24, 2.45) is 5.92 Å². The van der Waals surface area contributed by atoms with Crippen LogP contribution >= 0.6 is 11.6 Å². The molecule has 0 spiro atoms. The van der Waals surface area contributed by atoms with E-state index in [1.165, 1.54) is 0 Å². The Morgan fingerprint density at radius 1 is 1.47 bits per heavy atom. The summed E-state index contributed by atoms with van der Waals surface area (Å²) >= 11 is 6.18. The molecule has 82 valence electrons. The lowest BCUT2D eigenvalue weighted by Crippen LogP contribution is -2.13. The zero-order chi connectivity index (χ0) is 10.8. The molecule has 0 radical (unpaired) electrons. The zero-order valence-corrected chi connectivity index (χ0v) is 9.52. The van der Waals surface area contributed by atoms with Crippen LogP contribution in [0.1, 0.15) is 17.0 Å². The molecule has 1 aromatic carbocycles. The predicted octanol–water partition coefficient (Wildman–Crippen LogP) is 2.92. The number of alkyl halides is 1. The summed E-state index contributed by atoms with van der Waals surface area (Å²) in [7, 11) is 0. The fraction of sp³-hybridized carbons (Fsp3) is 0.500. The van der Waals surface area contributed by atoms with Crippen LogP contribution in [-0.2, 0) is 0 Å². The van der Waals surface area contributed by atoms with Gasteiger partial charge in [0.15, 0.2) is 0 Å². The third-order valence-electron chi connectivity index (χ3n) is 3.09. The SMILES string of the molecule is Cc1ccc([C@@H]2CNC[C@@H]2CF)c(Cl)c1. The maximum absolute atomic E-state index is 12.8. The molecule has 1 saturated heterocycles. The first-order chi connectivity index (χ1) is 7.22. The number of aryl methyl sites for hydroxylation is 1. The van der Waals surface area contributed by atoms with Crippen LogP contribution in [0.15, 0.2) is 18.2 Å². The number of rotatable bonds is 2. The van der Waals surface area contributed by atoms with E-state index in [0.717, 1.165) is 29.2 Å². The lowest BCUT2D eigenvalue weighted by Gasteiger charge is -2.17. The molecule has 1 fully saturated rings. The van der Waals surface area contributed by atoms with Crippen molar-refractivity contribution in [1.82, 2.24) is 5.32 Å². The first-order valence-electron chi connectivity index (χ1n) is 5.25. The quantitative estimate of drug-likeness (QED) is 0.819. The Morgan fingerprint density at radius 2 is 2.27 bits per heavy atom. The van der Waals surface area contributed by atoms with E-state index in [1.54, 1.807) is 0 Å². The minimum Gasteiger partial charge on any atom is -0.316 e. The third kappa shape index (κ3) is 2.16. The summed E-state index contributed by atoms with van der Waals surface area (Å²) in [6, 6.07) is 6.01. The Kier molecular flexibility index (Phi) is 3.27. The van der Waals surface area contributed by atoms with Gasteiger partial charge in [-0.25, -0.2) is 0 Å². The maximum atomic E-state index is 12.8. The van der Waals surface area contributed by atoms with Gasteiger partial charge in [-0.15, -0.1) is 0 Å². The summed E-state index contributed by atoms with van der Waals surface area (Å²) in [4.78, 5) is 0. The van der Waals surface area contributed by atoms with Gasteiger partial charge in [-0.05, 0) is 24.1 Å². The summed E-state index contributed by atoms with van der Waals surface area (Å²) in [6.07, 6.45) is 0. The molecule has 1 aliphatic rings. The monoisotopic (exact) mass is 227 g/mol. The average molecular weight is 228 g/mol. The Balaban J connectivity index is 2.28. The molecule has 1 aromatic rings. The Morgan fingerprint density at radius 3 is 2.93 bits per heavy atom. The highest BCUT2D eigenvalue weighted by Gasteiger charge is 2.29. The van der Waals surface area contributed by atoms with Gasteiger partial charge < -0.3 is 5.32 Å². The zero-order valence-electron chi connectivity index (χ0n) is 8.76. The Labute approximate surface area is 94.6 Å². The molecular formula is C12H15ClFN. The summed E-state index contributed by atoms with van der Waals surface area (Å²) < 4.78 is 12.8. The highest BCUT2D eigenvalue weighted by Crippen LogP contribution is 2.33.